The van der Waals surface area contributed by atoms with E-state index < -0.39 is 23.1 Å². The number of halogens is 3. The summed E-state index contributed by atoms with van der Waals surface area (Å²) < 4.78 is 37.1. The molecule has 0 atom stereocenters. The Morgan fingerprint density at radius 2 is 1.81 bits per heavy atom. The summed E-state index contributed by atoms with van der Waals surface area (Å²) >= 11 is 6.16. The van der Waals surface area contributed by atoms with Gasteiger partial charge in [0, 0.05) is 12.3 Å². The topological polar surface area (TPSA) is 80.8 Å². The fourth-order valence-corrected chi connectivity index (χ4v) is 4.38. The third-order valence-corrected chi connectivity index (χ3v) is 6.59. The number of hydrogen-bond donors (Lipinski definition) is 1. The van der Waals surface area contributed by atoms with Crippen molar-refractivity contribution in [1.82, 2.24) is 10.3 Å². The molecule has 1 saturated heterocycles. The number of amides is 1. The van der Waals surface area contributed by atoms with Crippen LogP contribution in [0, 0.1) is 11.6 Å². The average Bonchev–Trinajstić information content (AvgIpc) is 3.63. The number of hydrogen-bond acceptors (Lipinski definition) is 6. The van der Waals surface area contributed by atoms with Gasteiger partial charge in [-0.2, -0.15) is 0 Å². The number of benzene rings is 2. The minimum absolute atomic E-state index is 0.231. The standard InChI is InChI=1S/C26H22ClF2N3O4/c1-35-25(34)15-2-4-16(5-3-15)26(8-9-26)31-24(33)20-10-17(27)12-30-23(20)32-13-19(14-32)36-18-6-7-21(28)22(29)11-18/h2-7,10-12,19H,8-9,13-14H2,1H3,(H,31,33). The minimum atomic E-state index is -0.976. The minimum Gasteiger partial charge on any atom is -0.487 e. The molecule has 0 radical (unpaired) electrons. The van der Waals surface area contributed by atoms with Gasteiger partial charge in [-0.15, -0.1) is 0 Å². The van der Waals surface area contributed by atoms with E-state index in [1.54, 1.807) is 18.2 Å². The largest absolute Gasteiger partial charge is 0.487 e. The first-order chi connectivity index (χ1) is 17.3. The molecule has 10 heteroatoms. The summed E-state index contributed by atoms with van der Waals surface area (Å²) in [7, 11) is 1.32. The van der Waals surface area contributed by atoms with Crippen LogP contribution in [-0.4, -0.2) is 43.2 Å². The maximum Gasteiger partial charge on any atom is 0.337 e. The van der Waals surface area contributed by atoms with Gasteiger partial charge in [-0.3, -0.25) is 4.79 Å². The second-order valence-corrected chi connectivity index (χ2v) is 9.29. The fourth-order valence-electron chi connectivity index (χ4n) is 4.22. The van der Waals surface area contributed by atoms with Crippen LogP contribution in [0.3, 0.4) is 0 Å². The Hall–Kier alpha value is -3.72. The smallest absolute Gasteiger partial charge is 0.337 e. The van der Waals surface area contributed by atoms with Crippen molar-refractivity contribution in [1.29, 1.82) is 0 Å². The SMILES string of the molecule is COC(=O)c1ccc(C2(NC(=O)c3cc(Cl)cnc3N3CC(Oc4ccc(F)c(F)c4)C3)CC2)cc1. The predicted octanol–water partition coefficient (Wildman–Crippen LogP) is 4.49. The molecule has 1 N–H and O–H groups in total. The van der Waals surface area contributed by atoms with Crippen LogP contribution in [-0.2, 0) is 10.3 Å². The summed E-state index contributed by atoms with van der Waals surface area (Å²) in [6, 6.07) is 11.9. The molecule has 2 aliphatic rings. The van der Waals surface area contributed by atoms with E-state index in [9.17, 15) is 18.4 Å². The number of methoxy groups -OCH3 is 1. The summed E-state index contributed by atoms with van der Waals surface area (Å²) in [6.45, 7) is 0.822. The number of anilines is 1. The lowest BCUT2D eigenvalue weighted by Gasteiger charge is -2.40. The highest BCUT2D eigenvalue weighted by Crippen LogP contribution is 2.46. The number of rotatable bonds is 7. The molecule has 36 heavy (non-hydrogen) atoms. The van der Waals surface area contributed by atoms with Crippen LogP contribution in [0.15, 0.2) is 54.7 Å². The van der Waals surface area contributed by atoms with Crippen LogP contribution in [0.1, 0.15) is 39.1 Å². The van der Waals surface area contributed by atoms with Crippen molar-refractivity contribution in [2.75, 3.05) is 25.1 Å². The lowest BCUT2D eigenvalue weighted by Crippen LogP contribution is -2.55. The number of nitrogens with zero attached hydrogens (tertiary/aromatic N) is 2. The van der Waals surface area contributed by atoms with Crippen LogP contribution in [0.4, 0.5) is 14.6 Å². The number of carbonyl (C=O) groups excluding carboxylic acids is 2. The average molecular weight is 514 g/mol. The maximum atomic E-state index is 13.5. The second-order valence-electron chi connectivity index (χ2n) is 8.85. The summed E-state index contributed by atoms with van der Waals surface area (Å²) in [6.07, 6.45) is 2.71. The predicted molar refractivity (Wildman–Crippen MR) is 128 cm³/mol. The molecule has 1 saturated carbocycles. The molecule has 0 bridgehead atoms. The van der Waals surface area contributed by atoms with E-state index in [4.69, 9.17) is 21.1 Å². The van der Waals surface area contributed by atoms with Gasteiger partial charge in [0.05, 0.1) is 41.9 Å². The van der Waals surface area contributed by atoms with Gasteiger partial charge < -0.3 is 19.7 Å². The number of esters is 1. The summed E-state index contributed by atoms with van der Waals surface area (Å²) in [5.74, 6) is -1.97. The highest BCUT2D eigenvalue weighted by molar-refractivity contribution is 6.31. The van der Waals surface area contributed by atoms with Gasteiger partial charge in [-0.25, -0.2) is 18.6 Å². The summed E-state index contributed by atoms with van der Waals surface area (Å²) in [5, 5.41) is 3.43. The van der Waals surface area contributed by atoms with E-state index in [2.05, 4.69) is 10.3 Å². The molecule has 2 aromatic carbocycles. The second kappa shape index (κ2) is 9.39. The van der Waals surface area contributed by atoms with E-state index in [-0.39, 0.29) is 17.8 Å². The van der Waals surface area contributed by atoms with E-state index in [0.717, 1.165) is 30.5 Å². The summed E-state index contributed by atoms with van der Waals surface area (Å²) in [4.78, 5) is 31.3. The molecular weight excluding hydrogens is 492 g/mol. The van der Waals surface area contributed by atoms with Gasteiger partial charge >= 0.3 is 5.97 Å². The van der Waals surface area contributed by atoms with Crippen molar-refractivity contribution in [3.8, 4) is 5.75 Å². The normalized spacial score (nSPS) is 16.2. The van der Waals surface area contributed by atoms with Gasteiger partial charge in [-0.1, -0.05) is 23.7 Å². The Balaban J connectivity index is 1.28. The Kier molecular flexibility index (Phi) is 6.26. The zero-order valence-electron chi connectivity index (χ0n) is 19.3. The van der Waals surface area contributed by atoms with Gasteiger partial charge in [0.25, 0.3) is 5.91 Å². The molecule has 1 amide bonds. The molecule has 0 spiro atoms. The third kappa shape index (κ3) is 4.70. The number of nitrogens with one attached hydrogen (secondary N) is 1. The summed E-state index contributed by atoms with van der Waals surface area (Å²) in [5.41, 5.74) is 1.12. The van der Waals surface area contributed by atoms with Gasteiger partial charge in [0.2, 0.25) is 0 Å². The van der Waals surface area contributed by atoms with Crippen LogP contribution < -0.4 is 15.0 Å². The Bertz CT molecular complexity index is 1330. The number of pyridine rings is 1. The number of ether oxygens (including phenoxy) is 2. The fraction of sp³-hybridized carbons (Fsp3) is 0.269. The van der Waals surface area contributed by atoms with E-state index in [1.807, 2.05) is 17.0 Å². The first kappa shape index (κ1) is 24.0. The van der Waals surface area contributed by atoms with E-state index in [0.29, 0.717) is 35.1 Å². The van der Waals surface area contributed by atoms with Crippen molar-refractivity contribution in [2.24, 2.45) is 0 Å². The van der Waals surface area contributed by atoms with Gasteiger partial charge in [0.1, 0.15) is 17.7 Å². The Labute approximate surface area is 211 Å². The van der Waals surface area contributed by atoms with Crippen molar-refractivity contribution in [3.05, 3.63) is 88.1 Å². The third-order valence-electron chi connectivity index (χ3n) is 6.38. The zero-order valence-corrected chi connectivity index (χ0v) is 20.0. The molecule has 5 rings (SSSR count). The van der Waals surface area contributed by atoms with Gasteiger partial charge in [-0.05, 0) is 48.7 Å². The monoisotopic (exact) mass is 513 g/mol. The number of aromatic nitrogens is 1. The van der Waals surface area contributed by atoms with Gasteiger partial charge in [0.15, 0.2) is 11.6 Å². The molecule has 186 valence electrons. The first-order valence-corrected chi connectivity index (χ1v) is 11.7. The van der Waals surface area contributed by atoms with Crippen molar-refractivity contribution >= 4 is 29.3 Å². The molecule has 0 unspecified atom stereocenters. The molecule has 1 aliphatic heterocycles. The van der Waals surface area contributed by atoms with Crippen molar-refractivity contribution < 1.29 is 27.8 Å². The molecule has 2 heterocycles. The molecular formula is C26H22ClF2N3O4. The first-order valence-electron chi connectivity index (χ1n) is 11.3. The lowest BCUT2D eigenvalue weighted by molar-refractivity contribution is 0.0600. The Morgan fingerprint density at radius 3 is 2.44 bits per heavy atom. The van der Waals surface area contributed by atoms with Crippen LogP contribution in [0.5, 0.6) is 5.75 Å². The van der Waals surface area contributed by atoms with Crippen LogP contribution >= 0.6 is 11.6 Å². The molecule has 1 aromatic heterocycles. The molecule has 3 aromatic rings. The number of carbonyl (C=O) groups is 2. The lowest BCUT2D eigenvalue weighted by atomic mass is 10.0. The van der Waals surface area contributed by atoms with Crippen LogP contribution in [0.2, 0.25) is 5.02 Å². The van der Waals surface area contributed by atoms with E-state index >= 15 is 0 Å². The molecule has 7 nitrogen and oxygen atoms in total. The Morgan fingerprint density at radius 1 is 1.08 bits per heavy atom. The van der Waals surface area contributed by atoms with Crippen LogP contribution in [0.25, 0.3) is 0 Å². The zero-order chi connectivity index (χ0) is 25.4. The van der Waals surface area contributed by atoms with Crippen molar-refractivity contribution in [2.45, 2.75) is 24.5 Å². The maximum absolute atomic E-state index is 13.5. The van der Waals surface area contributed by atoms with E-state index in [1.165, 1.54) is 19.4 Å². The van der Waals surface area contributed by atoms with Crippen molar-refractivity contribution in [3.63, 3.8) is 0 Å². The quantitative estimate of drug-likeness (QED) is 0.469. The molecule has 1 aliphatic carbocycles. The highest BCUT2D eigenvalue weighted by atomic mass is 35.5. The molecule has 2 fully saturated rings. The highest BCUT2D eigenvalue weighted by Gasteiger charge is 2.46.